The molecular weight excluding hydrogens is 169 g/mol. The fourth-order valence-corrected chi connectivity index (χ4v) is 1.02. The van der Waals surface area contributed by atoms with E-state index in [9.17, 15) is 4.39 Å². The van der Waals surface area contributed by atoms with Crippen molar-refractivity contribution in [1.82, 2.24) is 0 Å². The zero-order valence-electron chi connectivity index (χ0n) is 7.00. The molecule has 0 spiro atoms. The Morgan fingerprint density at radius 2 is 2.23 bits per heavy atom. The molecular formula is C10H9FNO. The van der Waals surface area contributed by atoms with Crippen LogP contribution < -0.4 is 0 Å². The molecule has 0 fully saturated rings. The summed E-state index contributed by atoms with van der Waals surface area (Å²) >= 11 is 0. The van der Waals surface area contributed by atoms with Crippen LogP contribution in [0.1, 0.15) is 17.0 Å². The first-order valence-electron chi connectivity index (χ1n) is 3.82. The summed E-state index contributed by atoms with van der Waals surface area (Å²) in [5.41, 5.74) is 0.788. The van der Waals surface area contributed by atoms with Gasteiger partial charge in [0.2, 0.25) is 0 Å². The van der Waals surface area contributed by atoms with Gasteiger partial charge >= 0.3 is 0 Å². The van der Waals surface area contributed by atoms with Gasteiger partial charge in [0.1, 0.15) is 5.82 Å². The smallest absolute Gasteiger partial charge is 0.124 e. The van der Waals surface area contributed by atoms with Crippen LogP contribution in [-0.2, 0) is 0 Å². The van der Waals surface area contributed by atoms with Crippen LogP contribution in [0, 0.1) is 24.1 Å². The van der Waals surface area contributed by atoms with E-state index in [4.69, 9.17) is 10.4 Å². The van der Waals surface area contributed by atoms with Gasteiger partial charge in [-0.05, 0) is 30.7 Å². The molecule has 1 N–H and O–H groups in total. The van der Waals surface area contributed by atoms with Crippen LogP contribution in [0.5, 0.6) is 0 Å². The Bertz CT molecular complexity index is 343. The minimum atomic E-state index is -0.476. The van der Waals surface area contributed by atoms with Gasteiger partial charge in [0, 0.05) is 12.5 Å². The average molecular weight is 178 g/mol. The SMILES string of the molecule is [CH2]C(CO)c1cc(F)cc(C#N)c1. The quantitative estimate of drug-likeness (QED) is 0.747. The number of hydrogen-bond donors (Lipinski definition) is 1. The number of hydrogen-bond acceptors (Lipinski definition) is 2. The van der Waals surface area contributed by atoms with E-state index >= 15 is 0 Å². The van der Waals surface area contributed by atoms with E-state index in [1.54, 1.807) is 0 Å². The van der Waals surface area contributed by atoms with E-state index in [1.807, 2.05) is 6.07 Å². The first kappa shape index (κ1) is 9.69. The highest BCUT2D eigenvalue weighted by Gasteiger charge is 2.06. The third kappa shape index (κ3) is 2.27. The van der Waals surface area contributed by atoms with Crippen LogP contribution >= 0.6 is 0 Å². The van der Waals surface area contributed by atoms with Crippen molar-refractivity contribution in [2.45, 2.75) is 5.92 Å². The lowest BCUT2D eigenvalue weighted by Crippen LogP contribution is -2.00. The minimum absolute atomic E-state index is 0.158. The molecule has 0 aliphatic heterocycles. The topological polar surface area (TPSA) is 44.0 Å². The lowest BCUT2D eigenvalue weighted by atomic mass is 10.00. The Hall–Kier alpha value is -1.40. The van der Waals surface area contributed by atoms with E-state index in [-0.39, 0.29) is 18.1 Å². The van der Waals surface area contributed by atoms with Crippen LogP contribution in [0.4, 0.5) is 4.39 Å². The van der Waals surface area contributed by atoms with Crippen molar-refractivity contribution in [3.63, 3.8) is 0 Å². The molecule has 0 saturated heterocycles. The number of nitrogens with zero attached hydrogens (tertiary/aromatic N) is 1. The summed E-state index contributed by atoms with van der Waals surface area (Å²) in [5.74, 6) is -0.862. The van der Waals surface area contributed by atoms with E-state index in [1.165, 1.54) is 12.1 Å². The normalized spacial score (nSPS) is 12.2. The highest BCUT2D eigenvalue weighted by Crippen LogP contribution is 2.17. The van der Waals surface area contributed by atoms with Crippen LogP contribution in [0.15, 0.2) is 18.2 Å². The van der Waals surface area contributed by atoms with Gasteiger partial charge in [0.15, 0.2) is 0 Å². The Morgan fingerprint density at radius 3 is 2.77 bits per heavy atom. The molecule has 1 rings (SSSR count). The van der Waals surface area contributed by atoms with Gasteiger partial charge in [-0.3, -0.25) is 0 Å². The summed E-state index contributed by atoms with van der Waals surface area (Å²) in [7, 11) is 0. The van der Waals surface area contributed by atoms with Gasteiger partial charge in [-0.1, -0.05) is 0 Å². The molecule has 0 aliphatic carbocycles. The van der Waals surface area contributed by atoms with Crippen molar-refractivity contribution in [3.05, 3.63) is 42.1 Å². The number of nitriles is 1. The third-order valence-corrected chi connectivity index (χ3v) is 1.74. The summed E-state index contributed by atoms with van der Waals surface area (Å²) in [6, 6.07) is 5.78. The zero-order valence-corrected chi connectivity index (χ0v) is 7.00. The van der Waals surface area contributed by atoms with Crippen molar-refractivity contribution < 1.29 is 9.50 Å². The molecule has 0 heterocycles. The fourth-order valence-electron chi connectivity index (χ4n) is 1.02. The molecule has 1 unspecified atom stereocenters. The fraction of sp³-hybridized carbons (Fsp3) is 0.200. The summed E-state index contributed by atoms with van der Waals surface area (Å²) in [6.07, 6.45) is 0. The van der Waals surface area contributed by atoms with Gasteiger partial charge in [0.25, 0.3) is 0 Å². The van der Waals surface area contributed by atoms with E-state index < -0.39 is 5.82 Å². The summed E-state index contributed by atoms with van der Waals surface area (Å²) in [4.78, 5) is 0. The van der Waals surface area contributed by atoms with Gasteiger partial charge in [0.05, 0.1) is 11.6 Å². The van der Waals surface area contributed by atoms with E-state index in [2.05, 4.69) is 6.92 Å². The molecule has 0 saturated carbocycles. The molecule has 2 nitrogen and oxygen atoms in total. The average Bonchev–Trinajstić information content (AvgIpc) is 2.15. The molecule has 1 atom stereocenters. The molecule has 1 aromatic carbocycles. The number of aliphatic hydroxyl groups is 1. The number of rotatable bonds is 2. The van der Waals surface area contributed by atoms with Crippen LogP contribution in [0.2, 0.25) is 0 Å². The minimum Gasteiger partial charge on any atom is -0.396 e. The third-order valence-electron chi connectivity index (χ3n) is 1.74. The summed E-state index contributed by atoms with van der Waals surface area (Å²) in [6.45, 7) is 3.46. The van der Waals surface area contributed by atoms with Crippen molar-refractivity contribution in [2.75, 3.05) is 6.61 Å². The second kappa shape index (κ2) is 4.01. The Kier molecular flexibility index (Phi) is 2.99. The number of aliphatic hydroxyl groups excluding tert-OH is 1. The first-order valence-corrected chi connectivity index (χ1v) is 3.82. The monoisotopic (exact) mass is 178 g/mol. The van der Waals surface area contributed by atoms with E-state index in [0.717, 1.165) is 6.07 Å². The molecule has 0 amide bonds. The van der Waals surface area contributed by atoms with Gasteiger partial charge in [-0.15, -0.1) is 0 Å². The lowest BCUT2D eigenvalue weighted by Gasteiger charge is -2.07. The van der Waals surface area contributed by atoms with Gasteiger partial charge < -0.3 is 5.11 Å². The lowest BCUT2D eigenvalue weighted by molar-refractivity contribution is 0.282. The van der Waals surface area contributed by atoms with Crippen LogP contribution in [-0.4, -0.2) is 11.7 Å². The summed E-state index contributed by atoms with van der Waals surface area (Å²) < 4.78 is 12.9. The second-order valence-electron chi connectivity index (χ2n) is 2.76. The maximum absolute atomic E-state index is 12.9. The standard InChI is InChI=1S/C10H9FNO/c1-7(6-13)9-2-8(5-12)3-10(11)4-9/h2-4,7,13H,1,6H2. The second-order valence-corrected chi connectivity index (χ2v) is 2.76. The Labute approximate surface area is 76.2 Å². The number of halogens is 1. The largest absolute Gasteiger partial charge is 0.396 e. The molecule has 13 heavy (non-hydrogen) atoms. The Morgan fingerprint density at radius 1 is 1.54 bits per heavy atom. The molecule has 0 aromatic heterocycles. The van der Waals surface area contributed by atoms with Crippen molar-refractivity contribution in [2.24, 2.45) is 0 Å². The van der Waals surface area contributed by atoms with Gasteiger partial charge in [-0.25, -0.2) is 4.39 Å². The molecule has 0 bridgehead atoms. The predicted molar refractivity (Wildman–Crippen MR) is 46.3 cm³/mol. The highest BCUT2D eigenvalue weighted by molar-refractivity contribution is 5.35. The molecule has 0 aliphatic rings. The first-order chi connectivity index (χ1) is 6.17. The Balaban J connectivity index is 3.10. The predicted octanol–water partition coefficient (Wildman–Crippen LogP) is 1.61. The highest BCUT2D eigenvalue weighted by atomic mass is 19.1. The maximum atomic E-state index is 12.9. The molecule has 1 aromatic rings. The molecule has 3 heteroatoms. The maximum Gasteiger partial charge on any atom is 0.124 e. The summed E-state index contributed by atoms with van der Waals surface area (Å²) in [5, 5.41) is 17.3. The van der Waals surface area contributed by atoms with Crippen LogP contribution in [0.3, 0.4) is 0 Å². The van der Waals surface area contributed by atoms with Gasteiger partial charge in [-0.2, -0.15) is 5.26 Å². The van der Waals surface area contributed by atoms with Crippen molar-refractivity contribution in [3.8, 4) is 6.07 Å². The van der Waals surface area contributed by atoms with Crippen molar-refractivity contribution >= 4 is 0 Å². The molecule has 67 valence electrons. The number of benzene rings is 1. The zero-order chi connectivity index (χ0) is 9.84. The van der Waals surface area contributed by atoms with Crippen LogP contribution in [0.25, 0.3) is 0 Å². The van der Waals surface area contributed by atoms with E-state index in [0.29, 0.717) is 5.56 Å². The molecule has 1 radical (unpaired) electrons. The van der Waals surface area contributed by atoms with Crippen molar-refractivity contribution in [1.29, 1.82) is 5.26 Å².